The topological polar surface area (TPSA) is 45.8 Å². The van der Waals surface area contributed by atoms with Crippen LogP contribution in [-0.4, -0.2) is 9.97 Å². The molecule has 4 heteroatoms. The van der Waals surface area contributed by atoms with Gasteiger partial charge in [-0.25, -0.2) is 4.98 Å². The minimum Gasteiger partial charge on any atom is -0.306 e. The van der Waals surface area contributed by atoms with Crippen LogP contribution in [0.15, 0.2) is 63.9 Å². The number of H-pyrrole nitrogens is 1. The summed E-state index contributed by atoms with van der Waals surface area (Å²) < 4.78 is 0.984. The number of nitrogens with zero attached hydrogens (tertiary/aromatic N) is 1. The first-order chi connectivity index (χ1) is 11.1. The van der Waals surface area contributed by atoms with Crippen molar-refractivity contribution in [2.24, 2.45) is 0 Å². The second-order valence-electron chi connectivity index (χ2n) is 5.56. The molecule has 0 amide bonds. The molecule has 0 aliphatic heterocycles. The van der Waals surface area contributed by atoms with Gasteiger partial charge in [0.2, 0.25) is 0 Å². The van der Waals surface area contributed by atoms with Crippen molar-refractivity contribution in [1.29, 1.82) is 0 Å². The first kappa shape index (κ1) is 14.2. The first-order valence-corrected chi connectivity index (χ1v) is 8.11. The number of hydrogen-bond donors (Lipinski definition) is 1. The van der Waals surface area contributed by atoms with E-state index < -0.39 is 0 Å². The van der Waals surface area contributed by atoms with Crippen LogP contribution >= 0.6 is 15.9 Å². The van der Waals surface area contributed by atoms with Gasteiger partial charge in [-0.2, -0.15) is 0 Å². The highest BCUT2D eigenvalue weighted by Gasteiger charge is 2.09. The zero-order valence-electron chi connectivity index (χ0n) is 12.4. The summed E-state index contributed by atoms with van der Waals surface area (Å²) in [5.74, 6) is 0.586. The van der Waals surface area contributed by atoms with Crippen molar-refractivity contribution in [3.8, 4) is 11.4 Å². The zero-order chi connectivity index (χ0) is 16.0. The summed E-state index contributed by atoms with van der Waals surface area (Å²) in [6.45, 7) is 1.97. The van der Waals surface area contributed by atoms with Crippen LogP contribution in [0.25, 0.3) is 33.1 Å². The Bertz CT molecular complexity index is 1120. The summed E-state index contributed by atoms with van der Waals surface area (Å²) in [5, 5.41) is 2.86. The van der Waals surface area contributed by atoms with Crippen LogP contribution in [0.2, 0.25) is 0 Å². The SMILES string of the molecule is Cc1cccc2c(=O)[nH]c(-c3cc(Br)c4ccccc4c3)nc12. The van der Waals surface area contributed by atoms with Crippen molar-refractivity contribution in [1.82, 2.24) is 9.97 Å². The van der Waals surface area contributed by atoms with Crippen LogP contribution in [0.1, 0.15) is 5.56 Å². The van der Waals surface area contributed by atoms with Crippen molar-refractivity contribution in [3.05, 3.63) is 75.0 Å². The standard InChI is InChI=1S/C19H13BrN2O/c1-11-5-4-8-15-17(11)21-18(22-19(15)23)13-9-12-6-2-3-7-14(12)16(20)10-13/h2-10H,1H3,(H,21,22,23). The molecule has 4 rings (SSSR count). The lowest BCUT2D eigenvalue weighted by Crippen LogP contribution is -2.10. The van der Waals surface area contributed by atoms with E-state index in [2.05, 4.69) is 32.0 Å². The predicted octanol–water partition coefficient (Wildman–Crippen LogP) is 4.81. The van der Waals surface area contributed by atoms with E-state index in [0.29, 0.717) is 11.2 Å². The first-order valence-electron chi connectivity index (χ1n) is 7.32. The van der Waals surface area contributed by atoms with Gasteiger partial charge in [0.05, 0.1) is 10.9 Å². The Kier molecular flexibility index (Phi) is 3.27. The largest absolute Gasteiger partial charge is 0.306 e. The smallest absolute Gasteiger partial charge is 0.259 e. The number of halogens is 1. The number of fused-ring (bicyclic) bond motifs is 2. The molecule has 0 bridgehead atoms. The molecular weight excluding hydrogens is 352 g/mol. The molecule has 0 atom stereocenters. The molecule has 0 aliphatic rings. The average molecular weight is 365 g/mol. The van der Waals surface area contributed by atoms with Gasteiger partial charge in [-0.15, -0.1) is 0 Å². The summed E-state index contributed by atoms with van der Waals surface area (Å²) in [4.78, 5) is 19.9. The quantitative estimate of drug-likeness (QED) is 0.526. The van der Waals surface area contributed by atoms with Crippen LogP contribution in [0.4, 0.5) is 0 Å². The molecular formula is C19H13BrN2O. The van der Waals surface area contributed by atoms with E-state index >= 15 is 0 Å². The third-order valence-electron chi connectivity index (χ3n) is 4.02. The number of rotatable bonds is 1. The monoisotopic (exact) mass is 364 g/mol. The molecule has 3 aromatic carbocycles. The molecule has 4 aromatic rings. The van der Waals surface area contributed by atoms with Crippen LogP contribution < -0.4 is 5.56 Å². The molecule has 0 radical (unpaired) electrons. The van der Waals surface area contributed by atoms with E-state index in [-0.39, 0.29) is 5.56 Å². The van der Waals surface area contributed by atoms with Gasteiger partial charge in [0.25, 0.3) is 5.56 Å². The van der Waals surface area contributed by atoms with Gasteiger partial charge >= 0.3 is 0 Å². The second kappa shape index (κ2) is 5.32. The fourth-order valence-corrected chi connectivity index (χ4v) is 3.45. The minimum absolute atomic E-state index is 0.113. The number of benzene rings is 3. The predicted molar refractivity (Wildman–Crippen MR) is 97.7 cm³/mol. The molecule has 0 unspecified atom stereocenters. The summed E-state index contributed by atoms with van der Waals surface area (Å²) in [7, 11) is 0. The van der Waals surface area contributed by atoms with Crippen molar-refractivity contribution in [3.63, 3.8) is 0 Å². The van der Waals surface area contributed by atoms with Gasteiger partial charge in [0, 0.05) is 10.0 Å². The number of aryl methyl sites for hydroxylation is 1. The molecule has 0 aliphatic carbocycles. The summed E-state index contributed by atoms with van der Waals surface area (Å²) in [5.41, 5.74) is 2.51. The number of hydrogen-bond acceptors (Lipinski definition) is 2. The van der Waals surface area contributed by atoms with E-state index in [9.17, 15) is 4.79 Å². The maximum Gasteiger partial charge on any atom is 0.259 e. The lowest BCUT2D eigenvalue weighted by atomic mass is 10.1. The van der Waals surface area contributed by atoms with E-state index in [1.807, 2.05) is 49.4 Å². The number of para-hydroxylation sites is 1. The molecule has 0 saturated carbocycles. The molecule has 23 heavy (non-hydrogen) atoms. The highest BCUT2D eigenvalue weighted by atomic mass is 79.9. The zero-order valence-corrected chi connectivity index (χ0v) is 14.0. The molecule has 1 N–H and O–H groups in total. The van der Waals surface area contributed by atoms with E-state index in [1.54, 1.807) is 6.07 Å². The minimum atomic E-state index is -0.113. The lowest BCUT2D eigenvalue weighted by Gasteiger charge is -2.08. The molecule has 0 fully saturated rings. The van der Waals surface area contributed by atoms with Crippen LogP contribution in [0.5, 0.6) is 0 Å². The molecule has 0 spiro atoms. The van der Waals surface area contributed by atoms with E-state index in [0.717, 1.165) is 31.9 Å². The van der Waals surface area contributed by atoms with Gasteiger partial charge in [0.15, 0.2) is 0 Å². The number of nitrogens with one attached hydrogen (secondary N) is 1. The summed E-state index contributed by atoms with van der Waals surface area (Å²) >= 11 is 3.61. The third-order valence-corrected chi connectivity index (χ3v) is 4.68. The normalized spacial score (nSPS) is 11.2. The molecule has 0 saturated heterocycles. The summed E-state index contributed by atoms with van der Waals surface area (Å²) in [6, 6.07) is 17.8. The van der Waals surface area contributed by atoms with Gasteiger partial charge in [0.1, 0.15) is 5.82 Å². The van der Waals surface area contributed by atoms with Gasteiger partial charge in [-0.05, 0) is 41.5 Å². The molecule has 3 nitrogen and oxygen atoms in total. The molecule has 1 aromatic heterocycles. The third kappa shape index (κ3) is 2.35. The van der Waals surface area contributed by atoms with Gasteiger partial charge in [-0.1, -0.05) is 52.3 Å². The summed E-state index contributed by atoms with van der Waals surface area (Å²) in [6.07, 6.45) is 0. The second-order valence-corrected chi connectivity index (χ2v) is 6.42. The van der Waals surface area contributed by atoms with Crippen molar-refractivity contribution >= 4 is 37.6 Å². The Hall–Kier alpha value is -2.46. The van der Waals surface area contributed by atoms with Crippen LogP contribution in [0.3, 0.4) is 0 Å². The molecule has 112 valence electrons. The highest BCUT2D eigenvalue weighted by Crippen LogP contribution is 2.29. The van der Waals surface area contributed by atoms with Crippen molar-refractivity contribution in [2.45, 2.75) is 6.92 Å². The van der Waals surface area contributed by atoms with Crippen molar-refractivity contribution < 1.29 is 0 Å². The maximum atomic E-state index is 12.4. The molecule has 1 heterocycles. The Morgan fingerprint density at radius 1 is 1.00 bits per heavy atom. The average Bonchev–Trinajstić information content (AvgIpc) is 2.56. The number of aromatic amines is 1. The number of aromatic nitrogens is 2. The fraction of sp³-hybridized carbons (Fsp3) is 0.0526. The Morgan fingerprint density at radius 3 is 2.65 bits per heavy atom. The highest BCUT2D eigenvalue weighted by molar-refractivity contribution is 9.10. The Morgan fingerprint density at radius 2 is 1.78 bits per heavy atom. The Labute approximate surface area is 141 Å². The van der Waals surface area contributed by atoms with E-state index in [1.165, 1.54) is 0 Å². The Balaban J connectivity index is 2.03. The maximum absolute atomic E-state index is 12.4. The fourth-order valence-electron chi connectivity index (χ4n) is 2.84. The van der Waals surface area contributed by atoms with Gasteiger partial charge < -0.3 is 4.98 Å². The van der Waals surface area contributed by atoms with Crippen LogP contribution in [-0.2, 0) is 0 Å². The lowest BCUT2D eigenvalue weighted by molar-refractivity contribution is 1.17. The van der Waals surface area contributed by atoms with E-state index in [4.69, 9.17) is 0 Å². The van der Waals surface area contributed by atoms with Gasteiger partial charge in [-0.3, -0.25) is 4.79 Å². The van der Waals surface area contributed by atoms with Crippen LogP contribution in [0, 0.1) is 6.92 Å². The van der Waals surface area contributed by atoms with Crippen molar-refractivity contribution in [2.75, 3.05) is 0 Å².